The molecule has 1 aliphatic rings. The number of anilines is 2. The SMILES string of the molecule is Cc1cc(-c2ccc(NC(=O)C(C)c3cc(Cl)cc(-c4ccc5c(c4)NCCO5)c3)cc2)ccn1. The van der Waals surface area contributed by atoms with Crippen LogP contribution in [0, 0.1) is 6.92 Å². The van der Waals surface area contributed by atoms with Crippen molar-refractivity contribution < 1.29 is 9.53 Å². The van der Waals surface area contributed by atoms with Crippen molar-refractivity contribution >= 4 is 28.9 Å². The predicted molar refractivity (Wildman–Crippen MR) is 142 cm³/mol. The van der Waals surface area contributed by atoms with Crippen molar-refractivity contribution in [2.24, 2.45) is 0 Å². The number of amides is 1. The van der Waals surface area contributed by atoms with Gasteiger partial charge >= 0.3 is 0 Å². The molecule has 35 heavy (non-hydrogen) atoms. The molecule has 2 heterocycles. The molecule has 5 rings (SSSR count). The molecule has 0 aliphatic carbocycles. The molecule has 176 valence electrons. The van der Waals surface area contributed by atoms with Crippen LogP contribution >= 0.6 is 11.6 Å². The number of carbonyl (C=O) groups excluding carboxylic acids is 1. The molecule has 6 heteroatoms. The summed E-state index contributed by atoms with van der Waals surface area (Å²) in [6.45, 7) is 5.29. The van der Waals surface area contributed by atoms with Crippen LogP contribution in [-0.2, 0) is 4.79 Å². The van der Waals surface area contributed by atoms with E-state index in [9.17, 15) is 4.79 Å². The summed E-state index contributed by atoms with van der Waals surface area (Å²) in [5, 5.41) is 6.98. The second-order valence-electron chi connectivity index (χ2n) is 8.73. The van der Waals surface area contributed by atoms with Gasteiger partial charge in [0, 0.05) is 29.1 Å². The molecule has 1 aromatic heterocycles. The molecule has 5 nitrogen and oxygen atoms in total. The second-order valence-corrected chi connectivity index (χ2v) is 9.17. The molecule has 1 aliphatic heterocycles. The van der Waals surface area contributed by atoms with Gasteiger partial charge in [0.15, 0.2) is 0 Å². The zero-order valence-electron chi connectivity index (χ0n) is 19.6. The van der Waals surface area contributed by atoms with Crippen LogP contribution in [0.25, 0.3) is 22.3 Å². The van der Waals surface area contributed by atoms with Crippen molar-refractivity contribution in [3.05, 3.63) is 95.3 Å². The first-order chi connectivity index (χ1) is 17.0. The minimum absolute atomic E-state index is 0.0915. The molecule has 2 N–H and O–H groups in total. The lowest BCUT2D eigenvalue weighted by atomic mass is 9.95. The molecule has 0 fully saturated rings. The molecule has 0 saturated carbocycles. The van der Waals surface area contributed by atoms with Gasteiger partial charge in [-0.1, -0.05) is 35.9 Å². The van der Waals surface area contributed by atoms with E-state index < -0.39 is 0 Å². The smallest absolute Gasteiger partial charge is 0.231 e. The van der Waals surface area contributed by atoms with Gasteiger partial charge in [-0.25, -0.2) is 0 Å². The zero-order chi connectivity index (χ0) is 24.4. The predicted octanol–water partition coefficient (Wildman–Crippen LogP) is 6.92. The summed E-state index contributed by atoms with van der Waals surface area (Å²) in [5.74, 6) is 0.375. The van der Waals surface area contributed by atoms with Crippen LogP contribution in [0.3, 0.4) is 0 Å². The monoisotopic (exact) mass is 483 g/mol. The number of aryl methyl sites for hydroxylation is 1. The maximum absolute atomic E-state index is 13.1. The third kappa shape index (κ3) is 5.15. The van der Waals surface area contributed by atoms with Gasteiger partial charge in [0.2, 0.25) is 5.91 Å². The first-order valence-corrected chi connectivity index (χ1v) is 12.0. The van der Waals surface area contributed by atoms with Crippen LogP contribution in [0.4, 0.5) is 11.4 Å². The minimum Gasteiger partial charge on any atom is -0.490 e. The molecule has 0 spiro atoms. The molecule has 3 aromatic carbocycles. The van der Waals surface area contributed by atoms with Gasteiger partial charge in [-0.05, 0) is 90.2 Å². The van der Waals surface area contributed by atoms with Crippen molar-refractivity contribution in [2.45, 2.75) is 19.8 Å². The first kappa shape index (κ1) is 22.9. The molecule has 4 aromatic rings. The van der Waals surface area contributed by atoms with E-state index in [4.69, 9.17) is 16.3 Å². The summed E-state index contributed by atoms with van der Waals surface area (Å²) < 4.78 is 5.68. The highest BCUT2D eigenvalue weighted by Gasteiger charge is 2.18. The van der Waals surface area contributed by atoms with Gasteiger partial charge in [0.05, 0.1) is 11.6 Å². The number of hydrogen-bond donors (Lipinski definition) is 2. The van der Waals surface area contributed by atoms with Crippen LogP contribution in [0.1, 0.15) is 24.1 Å². The summed E-state index contributed by atoms with van der Waals surface area (Å²) in [6, 6.07) is 23.7. The second kappa shape index (κ2) is 9.80. The quantitative estimate of drug-likeness (QED) is 0.323. The maximum atomic E-state index is 13.1. The number of halogens is 1. The Morgan fingerprint density at radius 2 is 1.74 bits per heavy atom. The Kier molecular flexibility index (Phi) is 6.43. The lowest BCUT2D eigenvalue weighted by Crippen LogP contribution is -2.19. The van der Waals surface area contributed by atoms with Crippen LogP contribution in [0.5, 0.6) is 5.75 Å². The Morgan fingerprint density at radius 3 is 2.54 bits per heavy atom. The molecular weight excluding hydrogens is 458 g/mol. The highest BCUT2D eigenvalue weighted by Crippen LogP contribution is 2.35. The summed E-state index contributed by atoms with van der Waals surface area (Å²) >= 11 is 6.46. The topological polar surface area (TPSA) is 63.2 Å². The van der Waals surface area contributed by atoms with Crippen molar-refractivity contribution in [3.8, 4) is 28.0 Å². The van der Waals surface area contributed by atoms with Crippen molar-refractivity contribution in [1.29, 1.82) is 0 Å². The summed E-state index contributed by atoms with van der Waals surface area (Å²) in [6.07, 6.45) is 1.80. The normalized spacial score (nSPS) is 13.2. The average Bonchev–Trinajstić information content (AvgIpc) is 2.88. The molecule has 0 bridgehead atoms. The van der Waals surface area contributed by atoms with Gasteiger partial charge in [0.1, 0.15) is 12.4 Å². The first-order valence-electron chi connectivity index (χ1n) is 11.6. The molecule has 0 radical (unpaired) electrons. The van der Waals surface area contributed by atoms with Gasteiger partial charge in [-0.2, -0.15) is 0 Å². The summed E-state index contributed by atoms with van der Waals surface area (Å²) in [4.78, 5) is 17.3. The Bertz CT molecular complexity index is 1390. The largest absolute Gasteiger partial charge is 0.490 e. The lowest BCUT2D eigenvalue weighted by molar-refractivity contribution is -0.117. The Hall–Kier alpha value is -3.83. The molecular formula is C29H26ClN3O2. The van der Waals surface area contributed by atoms with Crippen LogP contribution in [0.15, 0.2) is 79.0 Å². The third-order valence-corrected chi connectivity index (χ3v) is 6.40. The van der Waals surface area contributed by atoms with E-state index in [1.54, 1.807) is 6.20 Å². The Labute approximate surface area is 210 Å². The van der Waals surface area contributed by atoms with E-state index in [0.717, 1.165) is 57.2 Å². The van der Waals surface area contributed by atoms with Crippen molar-refractivity contribution in [3.63, 3.8) is 0 Å². The standard InChI is InChI=1S/C29H26ClN3O2/c1-18-13-22(9-10-31-18)20-3-6-26(7-4-20)33-29(34)19(2)23-14-24(16-25(30)15-23)21-5-8-28-27(17-21)32-11-12-35-28/h3-10,13-17,19,32H,11-12H2,1-2H3,(H,33,34). The van der Waals surface area contributed by atoms with Crippen molar-refractivity contribution in [2.75, 3.05) is 23.8 Å². The fourth-order valence-electron chi connectivity index (χ4n) is 4.22. The van der Waals surface area contributed by atoms with Gasteiger partial charge in [-0.15, -0.1) is 0 Å². The fraction of sp³-hybridized carbons (Fsp3) is 0.172. The van der Waals surface area contributed by atoms with E-state index in [2.05, 4.69) is 21.7 Å². The molecule has 1 atom stereocenters. The Morgan fingerprint density at radius 1 is 0.971 bits per heavy atom. The number of fused-ring (bicyclic) bond motifs is 1. The van der Waals surface area contributed by atoms with E-state index in [-0.39, 0.29) is 11.8 Å². The number of ether oxygens (including phenoxy) is 1. The summed E-state index contributed by atoms with van der Waals surface area (Å²) in [7, 11) is 0. The lowest BCUT2D eigenvalue weighted by Gasteiger charge is -2.20. The third-order valence-electron chi connectivity index (χ3n) is 6.18. The number of benzene rings is 3. The number of nitrogens with zero attached hydrogens (tertiary/aromatic N) is 1. The van der Waals surface area contributed by atoms with Crippen LogP contribution in [-0.4, -0.2) is 24.0 Å². The van der Waals surface area contributed by atoms with Gasteiger partial charge in [0.25, 0.3) is 0 Å². The van der Waals surface area contributed by atoms with Gasteiger partial charge < -0.3 is 15.4 Å². The number of carbonyl (C=O) groups is 1. The molecule has 1 amide bonds. The maximum Gasteiger partial charge on any atom is 0.231 e. The Balaban J connectivity index is 1.33. The van der Waals surface area contributed by atoms with Crippen LogP contribution < -0.4 is 15.4 Å². The fourth-order valence-corrected chi connectivity index (χ4v) is 4.47. The number of aromatic nitrogens is 1. The van der Waals surface area contributed by atoms with Crippen LogP contribution in [0.2, 0.25) is 5.02 Å². The average molecular weight is 484 g/mol. The minimum atomic E-state index is -0.381. The highest BCUT2D eigenvalue weighted by molar-refractivity contribution is 6.31. The van der Waals surface area contributed by atoms with E-state index in [1.165, 1.54) is 0 Å². The number of rotatable bonds is 5. The van der Waals surface area contributed by atoms with Crippen molar-refractivity contribution in [1.82, 2.24) is 4.98 Å². The number of pyridine rings is 1. The number of hydrogen-bond acceptors (Lipinski definition) is 4. The molecule has 1 unspecified atom stereocenters. The zero-order valence-corrected chi connectivity index (χ0v) is 20.4. The summed E-state index contributed by atoms with van der Waals surface area (Å²) in [5.41, 5.74) is 7.68. The van der Waals surface area contributed by atoms with Gasteiger partial charge in [-0.3, -0.25) is 9.78 Å². The molecule has 0 saturated heterocycles. The van der Waals surface area contributed by atoms with E-state index in [1.807, 2.05) is 80.6 Å². The van der Waals surface area contributed by atoms with E-state index >= 15 is 0 Å². The number of nitrogens with one attached hydrogen (secondary N) is 2. The van der Waals surface area contributed by atoms with E-state index in [0.29, 0.717) is 11.6 Å². The highest BCUT2D eigenvalue weighted by atomic mass is 35.5.